The van der Waals surface area contributed by atoms with Crippen molar-refractivity contribution in [3.63, 3.8) is 0 Å². The van der Waals surface area contributed by atoms with Crippen molar-refractivity contribution in [2.45, 2.75) is 0 Å². The van der Waals surface area contributed by atoms with Crippen molar-refractivity contribution in [1.82, 2.24) is 4.98 Å². The highest BCUT2D eigenvalue weighted by molar-refractivity contribution is 7.77. The molecule has 2 aromatic carbocycles. The monoisotopic (exact) mass is 274 g/mol. The van der Waals surface area contributed by atoms with Gasteiger partial charge in [-0.15, -0.1) is 11.3 Å². The van der Waals surface area contributed by atoms with Gasteiger partial charge in [-0.05, 0) is 12.1 Å². The van der Waals surface area contributed by atoms with Gasteiger partial charge in [0.1, 0.15) is 12.1 Å². The van der Waals surface area contributed by atoms with Gasteiger partial charge >= 0.3 is 0 Å². The lowest BCUT2D eigenvalue weighted by Crippen LogP contribution is -2.24. The van der Waals surface area contributed by atoms with Crippen molar-refractivity contribution in [3.05, 3.63) is 54.6 Å². The minimum absolute atomic E-state index is 0.176. The van der Waals surface area contributed by atoms with E-state index < -0.39 is 7.37 Å². The Morgan fingerprint density at radius 1 is 1.00 bits per heavy atom. The molecule has 0 aliphatic carbocycles. The fourth-order valence-corrected chi connectivity index (χ4v) is 4.54. The average molecular weight is 274 g/mol. The average Bonchev–Trinajstić information content (AvgIpc) is 2.84. The van der Waals surface area contributed by atoms with Crippen LogP contribution in [0, 0.1) is 0 Å². The summed E-state index contributed by atoms with van der Waals surface area (Å²) in [6.07, 6.45) is 0. The van der Waals surface area contributed by atoms with Crippen molar-refractivity contribution < 1.29 is 9.46 Å². The van der Waals surface area contributed by atoms with Crippen LogP contribution in [-0.2, 0) is 4.57 Å². The lowest BCUT2D eigenvalue weighted by atomic mass is 10.3. The molecule has 1 aromatic heterocycles. The van der Waals surface area contributed by atoms with Gasteiger partial charge in [-0.2, -0.15) is 0 Å². The SMILES string of the molecule is O=P([O-])(c1ccccc1)c1nc2ccccc2s1. The third-order valence-corrected chi connectivity index (χ3v) is 6.05. The molecule has 90 valence electrons. The number of fused-ring (bicyclic) bond motifs is 1. The van der Waals surface area contributed by atoms with Gasteiger partial charge in [0.15, 0.2) is 0 Å². The lowest BCUT2D eigenvalue weighted by Gasteiger charge is -2.20. The van der Waals surface area contributed by atoms with E-state index in [-0.39, 0.29) is 4.75 Å². The molecule has 0 aliphatic rings. The summed E-state index contributed by atoms with van der Waals surface area (Å²) in [6, 6.07) is 15.8. The molecule has 18 heavy (non-hydrogen) atoms. The second kappa shape index (κ2) is 4.32. The summed E-state index contributed by atoms with van der Waals surface area (Å²) in [5.74, 6) is 0. The van der Waals surface area contributed by atoms with Gasteiger partial charge in [-0.25, -0.2) is 4.98 Å². The molecule has 0 saturated heterocycles. The number of thiazole rings is 1. The summed E-state index contributed by atoms with van der Waals surface area (Å²) >= 11 is 1.21. The highest BCUT2D eigenvalue weighted by Gasteiger charge is 2.18. The van der Waals surface area contributed by atoms with Gasteiger partial charge in [0.25, 0.3) is 0 Å². The van der Waals surface area contributed by atoms with Crippen LogP contribution in [0.1, 0.15) is 0 Å². The number of aromatic nitrogens is 1. The third kappa shape index (κ3) is 1.89. The molecule has 5 heteroatoms. The van der Waals surface area contributed by atoms with Crippen LogP contribution in [0.5, 0.6) is 0 Å². The molecule has 0 bridgehead atoms. The van der Waals surface area contributed by atoms with Gasteiger partial charge in [0.2, 0.25) is 0 Å². The van der Waals surface area contributed by atoms with Gasteiger partial charge < -0.3 is 9.46 Å². The second-order valence-corrected chi connectivity index (χ2v) is 7.23. The van der Waals surface area contributed by atoms with E-state index in [0.29, 0.717) is 5.30 Å². The van der Waals surface area contributed by atoms with E-state index in [1.807, 2.05) is 24.3 Å². The summed E-state index contributed by atoms with van der Waals surface area (Å²) in [4.78, 5) is 16.6. The Labute approximate surface area is 108 Å². The Balaban J connectivity index is 2.17. The molecule has 0 radical (unpaired) electrons. The van der Waals surface area contributed by atoms with E-state index in [0.717, 1.165) is 10.2 Å². The highest BCUT2D eigenvalue weighted by atomic mass is 32.1. The number of rotatable bonds is 2. The summed E-state index contributed by atoms with van der Waals surface area (Å²) < 4.78 is 13.4. The largest absolute Gasteiger partial charge is 0.791 e. The molecule has 0 amide bonds. The first-order valence-electron chi connectivity index (χ1n) is 5.41. The molecular formula is C13H9NO2PS-. The molecule has 3 aromatic rings. The summed E-state index contributed by atoms with van der Waals surface area (Å²) in [7, 11) is -3.81. The smallest absolute Gasteiger partial charge is 0.144 e. The van der Waals surface area contributed by atoms with Crippen molar-refractivity contribution in [2.75, 3.05) is 0 Å². The summed E-state index contributed by atoms with van der Waals surface area (Å²) in [5.41, 5.74) is 0.726. The Morgan fingerprint density at radius 3 is 2.39 bits per heavy atom. The van der Waals surface area contributed by atoms with Crippen LogP contribution in [0.15, 0.2) is 54.6 Å². The number of benzene rings is 2. The number of hydrogen-bond acceptors (Lipinski definition) is 4. The summed E-state index contributed by atoms with van der Waals surface area (Å²) in [5, 5.41) is 0.309. The fourth-order valence-electron chi connectivity index (χ4n) is 1.72. The zero-order valence-corrected chi connectivity index (χ0v) is 11.0. The highest BCUT2D eigenvalue weighted by Crippen LogP contribution is 2.36. The van der Waals surface area contributed by atoms with Crippen LogP contribution < -0.4 is 14.9 Å². The number of nitrogens with zero attached hydrogens (tertiary/aromatic N) is 1. The first-order valence-corrected chi connectivity index (χ1v) is 7.85. The third-order valence-electron chi connectivity index (χ3n) is 2.63. The standard InChI is InChI=1S/C13H10NO2PS/c15-17(16,10-6-2-1-3-7-10)13-14-11-8-4-5-9-12(11)18-13/h1-9H,(H,15,16)/p-1. The van der Waals surface area contributed by atoms with Gasteiger partial charge in [-0.1, -0.05) is 42.5 Å². The van der Waals surface area contributed by atoms with Crippen molar-refractivity contribution in [3.8, 4) is 0 Å². The Morgan fingerprint density at radius 2 is 1.67 bits per heavy atom. The molecule has 1 atom stereocenters. The molecule has 0 N–H and O–H groups in total. The van der Waals surface area contributed by atoms with E-state index in [4.69, 9.17) is 0 Å². The summed E-state index contributed by atoms with van der Waals surface area (Å²) in [6.45, 7) is 0. The van der Waals surface area contributed by atoms with E-state index in [1.165, 1.54) is 11.3 Å². The van der Waals surface area contributed by atoms with E-state index >= 15 is 0 Å². The molecular weight excluding hydrogens is 265 g/mol. The predicted molar refractivity (Wildman–Crippen MR) is 72.9 cm³/mol. The Bertz CT molecular complexity index is 706. The minimum atomic E-state index is -3.81. The van der Waals surface area contributed by atoms with E-state index in [2.05, 4.69) is 4.98 Å². The maximum Gasteiger partial charge on any atom is 0.144 e. The maximum absolute atomic E-state index is 12.4. The normalized spacial score (nSPS) is 14.5. The quantitative estimate of drug-likeness (QED) is 0.670. The molecule has 3 rings (SSSR count). The molecule has 0 spiro atoms. The molecule has 0 fully saturated rings. The van der Waals surface area contributed by atoms with E-state index in [9.17, 15) is 9.46 Å². The topological polar surface area (TPSA) is 53.0 Å². The zero-order valence-electron chi connectivity index (χ0n) is 9.32. The van der Waals surface area contributed by atoms with Crippen molar-refractivity contribution in [1.29, 1.82) is 0 Å². The minimum Gasteiger partial charge on any atom is -0.791 e. The number of para-hydroxylation sites is 1. The molecule has 0 saturated carbocycles. The number of hydrogen-bond donors (Lipinski definition) is 0. The van der Waals surface area contributed by atoms with Crippen LogP contribution >= 0.6 is 18.7 Å². The van der Waals surface area contributed by atoms with Gasteiger partial charge in [-0.3, -0.25) is 0 Å². The second-order valence-electron chi connectivity index (χ2n) is 3.85. The van der Waals surface area contributed by atoms with Crippen LogP contribution in [0.2, 0.25) is 0 Å². The Hall–Kier alpha value is -1.48. The van der Waals surface area contributed by atoms with Crippen LogP contribution in [0.3, 0.4) is 0 Å². The lowest BCUT2D eigenvalue weighted by molar-refractivity contribution is -0.167. The zero-order chi connectivity index (χ0) is 12.6. The maximum atomic E-state index is 12.4. The first kappa shape index (κ1) is 11.6. The molecule has 3 nitrogen and oxygen atoms in total. The van der Waals surface area contributed by atoms with Crippen molar-refractivity contribution in [2.24, 2.45) is 0 Å². The van der Waals surface area contributed by atoms with Crippen LogP contribution in [-0.4, -0.2) is 4.98 Å². The van der Waals surface area contributed by atoms with Crippen LogP contribution in [0.4, 0.5) is 0 Å². The Kier molecular flexibility index (Phi) is 2.78. The molecule has 1 unspecified atom stereocenters. The van der Waals surface area contributed by atoms with Crippen molar-refractivity contribution >= 4 is 39.0 Å². The predicted octanol–water partition coefficient (Wildman–Crippen LogP) is 1.89. The van der Waals surface area contributed by atoms with Crippen LogP contribution in [0.25, 0.3) is 10.2 Å². The first-order chi connectivity index (χ1) is 8.68. The van der Waals surface area contributed by atoms with Gasteiger partial charge in [0.05, 0.1) is 10.2 Å². The van der Waals surface area contributed by atoms with E-state index in [1.54, 1.807) is 30.3 Å². The molecule has 1 heterocycles. The molecule has 0 aliphatic heterocycles. The fraction of sp³-hybridized carbons (Fsp3) is 0. The van der Waals surface area contributed by atoms with Gasteiger partial charge in [0, 0.05) is 5.30 Å².